The van der Waals surface area contributed by atoms with Gasteiger partial charge in [-0.3, -0.25) is 19.8 Å². The summed E-state index contributed by atoms with van der Waals surface area (Å²) in [6.07, 6.45) is 2.75. The quantitative estimate of drug-likeness (QED) is 0.307. The van der Waals surface area contributed by atoms with Gasteiger partial charge in [-0.2, -0.15) is 10.2 Å². The average Bonchev–Trinajstić information content (AvgIpc) is 3.53. The Balaban J connectivity index is 1.78. The van der Waals surface area contributed by atoms with Crippen molar-refractivity contribution in [2.24, 2.45) is 5.73 Å². The van der Waals surface area contributed by atoms with E-state index in [-0.39, 0.29) is 5.76 Å². The van der Waals surface area contributed by atoms with E-state index in [1.165, 1.54) is 12.6 Å². The zero-order valence-electron chi connectivity index (χ0n) is 15.4. The minimum atomic E-state index is -1.09. The summed E-state index contributed by atoms with van der Waals surface area (Å²) in [5.41, 5.74) is 9.33. The van der Waals surface area contributed by atoms with Crippen LogP contribution in [0.1, 0.15) is 10.6 Å². The van der Waals surface area contributed by atoms with Crippen molar-refractivity contribution in [3.05, 3.63) is 66.9 Å². The number of primary amides is 1. The minimum absolute atomic E-state index is 0.127. The fraction of sp³-hybridized carbons (Fsp3) is 0. The summed E-state index contributed by atoms with van der Waals surface area (Å²) < 4.78 is 5.32. The van der Waals surface area contributed by atoms with Crippen molar-refractivity contribution in [1.82, 2.24) is 25.4 Å². The number of furan rings is 1. The normalized spacial score (nSPS) is 11.1. The van der Waals surface area contributed by atoms with Crippen molar-refractivity contribution in [3.8, 4) is 33.8 Å². The smallest absolute Gasteiger partial charge is 0.293 e. The third-order valence-corrected chi connectivity index (χ3v) is 4.82. The lowest BCUT2D eigenvalue weighted by Gasteiger charge is -2.10. The molecule has 0 bridgehead atoms. The monoisotopic (exact) mass is 398 g/mol. The Labute approximate surface area is 168 Å². The number of para-hydroxylation sites is 1. The summed E-state index contributed by atoms with van der Waals surface area (Å²) in [5.74, 6) is -1.57. The summed E-state index contributed by atoms with van der Waals surface area (Å²) in [7, 11) is 0. The first-order chi connectivity index (χ1) is 14.6. The van der Waals surface area contributed by atoms with Gasteiger partial charge in [0.1, 0.15) is 12.0 Å². The van der Waals surface area contributed by atoms with Crippen LogP contribution in [-0.2, 0) is 4.79 Å². The lowest BCUT2D eigenvalue weighted by Crippen LogP contribution is -2.23. The topological polar surface area (TPSA) is 144 Å². The van der Waals surface area contributed by atoms with Crippen LogP contribution in [0.4, 0.5) is 0 Å². The molecule has 0 unspecified atom stereocenters. The first-order valence-corrected chi connectivity index (χ1v) is 8.98. The molecular formula is C21H14N6O3. The molecule has 0 aliphatic heterocycles. The van der Waals surface area contributed by atoms with Crippen molar-refractivity contribution in [1.29, 1.82) is 0 Å². The van der Waals surface area contributed by atoms with Crippen molar-refractivity contribution in [3.63, 3.8) is 0 Å². The molecule has 2 aromatic carbocycles. The Morgan fingerprint density at radius 3 is 2.63 bits per heavy atom. The molecule has 30 heavy (non-hydrogen) atoms. The van der Waals surface area contributed by atoms with E-state index in [0.29, 0.717) is 22.6 Å². The predicted octanol–water partition coefficient (Wildman–Crippen LogP) is 2.94. The van der Waals surface area contributed by atoms with Gasteiger partial charge >= 0.3 is 0 Å². The predicted molar refractivity (Wildman–Crippen MR) is 108 cm³/mol. The van der Waals surface area contributed by atoms with E-state index >= 15 is 0 Å². The number of fused-ring (bicyclic) bond motifs is 1. The summed E-state index contributed by atoms with van der Waals surface area (Å²) in [6, 6.07) is 14.9. The summed E-state index contributed by atoms with van der Waals surface area (Å²) in [4.78, 5) is 28.0. The molecule has 5 rings (SSSR count). The number of ketones is 1. The number of nitrogens with one attached hydrogen (secondary N) is 2. The second kappa shape index (κ2) is 6.82. The number of carbonyl (C=O) groups is 2. The molecule has 3 heterocycles. The average molecular weight is 398 g/mol. The highest BCUT2D eigenvalue weighted by Crippen LogP contribution is 2.38. The number of rotatable bonds is 5. The molecule has 146 valence electrons. The number of carbonyl (C=O) groups excluding carboxylic acids is 2. The van der Waals surface area contributed by atoms with Gasteiger partial charge in [0.15, 0.2) is 11.6 Å². The van der Waals surface area contributed by atoms with Gasteiger partial charge in [0.05, 0.1) is 11.8 Å². The largest absolute Gasteiger partial charge is 0.460 e. The van der Waals surface area contributed by atoms with Gasteiger partial charge in [0, 0.05) is 22.1 Å². The zero-order chi connectivity index (χ0) is 20.7. The van der Waals surface area contributed by atoms with Crippen LogP contribution in [0, 0.1) is 0 Å². The molecule has 4 N–H and O–H groups in total. The van der Waals surface area contributed by atoms with Gasteiger partial charge in [0.25, 0.3) is 11.7 Å². The Bertz CT molecular complexity index is 1400. The van der Waals surface area contributed by atoms with E-state index in [2.05, 4.69) is 25.4 Å². The third kappa shape index (κ3) is 2.76. The Morgan fingerprint density at radius 1 is 0.967 bits per heavy atom. The maximum atomic E-state index is 12.3. The van der Waals surface area contributed by atoms with Gasteiger partial charge in [-0.25, -0.2) is 4.98 Å². The molecule has 3 aromatic heterocycles. The van der Waals surface area contributed by atoms with Crippen LogP contribution in [0.15, 0.2) is 65.5 Å². The molecule has 0 radical (unpaired) electrons. The molecule has 9 heteroatoms. The molecule has 0 fully saturated rings. The molecule has 0 spiro atoms. The second-order valence-corrected chi connectivity index (χ2v) is 6.57. The third-order valence-electron chi connectivity index (χ3n) is 4.82. The van der Waals surface area contributed by atoms with Crippen molar-refractivity contribution >= 4 is 22.6 Å². The molecule has 0 aliphatic carbocycles. The molecule has 0 atom stereocenters. The highest BCUT2D eigenvalue weighted by Gasteiger charge is 2.24. The van der Waals surface area contributed by atoms with Crippen LogP contribution < -0.4 is 5.73 Å². The number of Topliss-reactive ketones (excluding diaryl/α,β-unsaturated/α-hetero) is 1. The maximum absolute atomic E-state index is 12.3. The van der Waals surface area contributed by atoms with Gasteiger partial charge in [-0.1, -0.05) is 30.3 Å². The summed E-state index contributed by atoms with van der Waals surface area (Å²) >= 11 is 0. The highest BCUT2D eigenvalue weighted by molar-refractivity contribution is 6.42. The number of hydrogen-bond donors (Lipinski definition) is 3. The molecule has 0 aliphatic rings. The minimum Gasteiger partial charge on any atom is -0.460 e. The van der Waals surface area contributed by atoms with Crippen LogP contribution in [0.25, 0.3) is 44.7 Å². The zero-order valence-corrected chi connectivity index (χ0v) is 15.4. The van der Waals surface area contributed by atoms with E-state index in [9.17, 15) is 9.59 Å². The van der Waals surface area contributed by atoms with Crippen molar-refractivity contribution in [2.75, 3.05) is 0 Å². The Morgan fingerprint density at radius 2 is 1.83 bits per heavy atom. The molecular weight excluding hydrogens is 384 g/mol. The van der Waals surface area contributed by atoms with Crippen molar-refractivity contribution < 1.29 is 14.0 Å². The molecule has 0 saturated heterocycles. The highest BCUT2D eigenvalue weighted by atomic mass is 16.3. The number of nitrogens with two attached hydrogens (primary N) is 1. The van der Waals surface area contributed by atoms with E-state index in [0.717, 1.165) is 22.0 Å². The van der Waals surface area contributed by atoms with Gasteiger partial charge in [-0.15, -0.1) is 0 Å². The number of hydrogen-bond acceptors (Lipinski definition) is 6. The maximum Gasteiger partial charge on any atom is 0.293 e. The molecule has 9 nitrogen and oxygen atoms in total. The van der Waals surface area contributed by atoms with Gasteiger partial charge < -0.3 is 10.2 Å². The standard InChI is InChI=1S/C21H14N6O3/c22-20(29)18(28)19-13(7-8-30-19)15-9-11(21-23-10-24-27-21)5-6-12(15)17-14-3-1-2-4-16(14)25-26-17/h1-10H,(H2,22,29)(H,25,26)(H,23,24,27). The molecule has 0 saturated carbocycles. The number of aromatic amines is 2. The number of nitrogens with zero attached hydrogens (tertiary/aromatic N) is 3. The lowest BCUT2D eigenvalue weighted by molar-refractivity contribution is -0.114. The number of H-pyrrole nitrogens is 2. The number of amides is 1. The van der Waals surface area contributed by atoms with E-state index in [4.69, 9.17) is 10.2 Å². The summed E-state index contributed by atoms with van der Waals surface area (Å²) in [6.45, 7) is 0. The van der Waals surface area contributed by atoms with Gasteiger partial charge in [-0.05, 0) is 23.8 Å². The van der Waals surface area contributed by atoms with Crippen LogP contribution >= 0.6 is 0 Å². The summed E-state index contributed by atoms with van der Waals surface area (Å²) in [5, 5.41) is 15.1. The Hall–Kier alpha value is -4.53. The number of benzene rings is 2. The second-order valence-electron chi connectivity index (χ2n) is 6.57. The SMILES string of the molecule is NC(=O)C(=O)c1occc1-c1cc(-c2ncn[nH]2)ccc1-c1n[nH]c2ccccc12. The molecule has 1 amide bonds. The van der Waals surface area contributed by atoms with Crippen molar-refractivity contribution in [2.45, 2.75) is 0 Å². The molecule has 5 aromatic rings. The fourth-order valence-electron chi connectivity index (χ4n) is 3.44. The van der Waals surface area contributed by atoms with E-state index in [1.807, 2.05) is 42.5 Å². The van der Waals surface area contributed by atoms with Gasteiger partial charge in [0.2, 0.25) is 0 Å². The van der Waals surface area contributed by atoms with E-state index < -0.39 is 11.7 Å². The number of aromatic nitrogens is 5. The lowest BCUT2D eigenvalue weighted by atomic mass is 9.93. The first kappa shape index (κ1) is 17.6. The van der Waals surface area contributed by atoms with Crippen LogP contribution in [-0.4, -0.2) is 37.1 Å². The van der Waals surface area contributed by atoms with Crippen LogP contribution in [0.3, 0.4) is 0 Å². The first-order valence-electron chi connectivity index (χ1n) is 8.98. The fourth-order valence-corrected chi connectivity index (χ4v) is 3.44. The Kier molecular flexibility index (Phi) is 3.99. The van der Waals surface area contributed by atoms with Crippen LogP contribution in [0.5, 0.6) is 0 Å². The van der Waals surface area contributed by atoms with E-state index in [1.54, 1.807) is 6.07 Å². The van der Waals surface area contributed by atoms with Crippen LogP contribution in [0.2, 0.25) is 0 Å².